The summed E-state index contributed by atoms with van der Waals surface area (Å²) in [6, 6.07) is 17.6. The molecule has 14 heteroatoms. The number of nitrogens with two attached hydrogens (primary N) is 2. The van der Waals surface area contributed by atoms with Crippen LogP contribution in [0.15, 0.2) is 77.7 Å². The van der Waals surface area contributed by atoms with E-state index < -0.39 is 33.8 Å². The number of hydrogen-bond donors (Lipinski definition) is 4. The van der Waals surface area contributed by atoms with Crippen LogP contribution in [0.1, 0.15) is 22.0 Å². The van der Waals surface area contributed by atoms with E-state index in [1.165, 1.54) is 60.7 Å². The zero-order chi connectivity index (χ0) is 27.0. The van der Waals surface area contributed by atoms with Gasteiger partial charge in [0.25, 0.3) is 11.7 Å². The van der Waals surface area contributed by atoms with Crippen LogP contribution in [0.5, 0.6) is 0 Å². The number of nitrogens with one attached hydrogen (secondary N) is 2. The van der Waals surface area contributed by atoms with Gasteiger partial charge < -0.3 is 11.1 Å². The molecule has 0 aliphatic heterocycles. The second kappa shape index (κ2) is 9.48. The summed E-state index contributed by atoms with van der Waals surface area (Å²) in [6.07, 6.45) is -4.92. The fourth-order valence-corrected chi connectivity index (χ4v) is 4.20. The maximum Gasteiger partial charge on any atom is 0.453 e. The SMILES string of the molecule is N=C(N)c1cccc(-n2nc(C(F)(F)F)nc2C(=O)Nc2ccc(-c3ccccc3S(N)(=O)=O)cc2)c1. The standard InChI is InChI=1S/C23H18F3N7O3S/c24-23(25,26)22-31-20(33(32-22)16-5-3-4-14(12-16)19(27)28)21(34)30-15-10-8-13(9-11-15)17-6-1-2-7-18(17)37(29,35)36/h1-12H,(H3,27,28)(H,30,34)(H2,29,35,36). The Balaban J connectivity index is 1.67. The number of nitrogens with zero attached hydrogens (tertiary/aromatic N) is 3. The molecule has 37 heavy (non-hydrogen) atoms. The molecular formula is C23H18F3N7O3S. The lowest BCUT2D eigenvalue weighted by atomic mass is 10.1. The minimum Gasteiger partial charge on any atom is -0.384 e. The molecule has 0 unspecified atom stereocenters. The normalized spacial score (nSPS) is 11.8. The van der Waals surface area contributed by atoms with Crippen LogP contribution < -0.4 is 16.2 Å². The Labute approximate surface area is 208 Å². The molecule has 0 radical (unpaired) electrons. The summed E-state index contributed by atoms with van der Waals surface area (Å²) in [4.78, 5) is 16.2. The third-order valence-electron chi connectivity index (χ3n) is 5.11. The lowest BCUT2D eigenvalue weighted by Crippen LogP contribution is -2.19. The third kappa shape index (κ3) is 5.49. The number of nitrogen functional groups attached to an aromatic ring is 1. The van der Waals surface area contributed by atoms with Gasteiger partial charge in [-0.3, -0.25) is 10.2 Å². The molecule has 1 amide bonds. The molecule has 0 spiro atoms. The highest BCUT2D eigenvalue weighted by atomic mass is 32.2. The minimum atomic E-state index is -4.92. The van der Waals surface area contributed by atoms with Crippen LogP contribution in [-0.4, -0.2) is 34.9 Å². The van der Waals surface area contributed by atoms with Gasteiger partial charge in [-0.2, -0.15) is 18.2 Å². The van der Waals surface area contributed by atoms with E-state index >= 15 is 0 Å². The van der Waals surface area contributed by atoms with Crippen molar-refractivity contribution in [1.82, 2.24) is 14.8 Å². The quantitative estimate of drug-likeness (QED) is 0.221. The van der Waals surface area contributed by atoms with Crippen LogP contribution in [-0.2, 0) is 16.2 Å². The van der Waals surface area contributed by atoms with Gasteiger partial charge >= 0.3 is 6.18 Å². The molecule has 0 saturated heterocycles. The van der Waals surface area contributed by atoms with Gasteiger partial charge in [0.2, 0.25) is 15.8 Å². The lowest BCUT2D eigenvalue weighted by molar-refractivity contribution is -0.144. The Hall–Kier alpha value is -4.56. The highest BCUT2D eigenvalue weighted by Crippen LogP contribution is 2.29. The minimum absolute atomic E-state index is 0.0378. The molecule has 0 bridgehead atoms. The number of carbonyl (C=O) groups excluding carboxylic acids is 1. The fourth-order valence-electron chi connectivity index (χ4n) is 3.44. The molecule has 1 heterocycles. The number of anilines is 1. The number of aromatic nitrogens is 3. The first-order valence-corrected chi connectivity index (χ1v) is 11.9. The second-order valence-electron chi connectivity index (χ2n) is 7.71. The molecule has 0 aliphatic rings. The van der Waals surface area contributed by atoms with Crippen molar-refractivity contribution >= 4 is 27.5 Å². The van der Waals surface area contributed by atoms with E-state index in [-0.39, 0.29) is 27.7 Å². The lowest BCUT2D eigenvalue weighted by Gasteiger charge is -2.10. The van der Waals surface area contributed by atoms with Gasteiger partial charge in [-0.1, -0.05) is 42.5 Å². The van der Waals surface area contributed by atoms with E-state index in [4.69, 9.17) is 16.3 Å². The molecule has 0 atom stereocenters. The molecule has 190 valence electrons. The van der Waals surface area contributed by atoms with Gasteiger partial charge in [0.05, 0.1) is 10.6 Å². The zero-order valence-corrected chi connectivity index (χ0v) is 19.5. The van der Waals surface area contributed by atoms with Gasteiger partial charge in [-0.05, 0) is 35.9 Å². The number of carbonyl (C=O) groups is 1. The Morgan fingerprint density at radius 1 is 1.00 bits per heavy atom. The van der Waals surface area contributed by atoms with Crippen molar-refractivity contribution in [1.29, 1.82) is 5.41 Å². The second-order valence-corrected chi connectivity index (χ2v) is 9.24. The highest BCUT2D eigenvalue weighted by molar-refractivity contribution is 7.89. The summed E-state index contributed by atoms with van der Waals surface area (Å²) >= 11 is 0. The smallest absolute Gasteiger partial charge is 0.384 e. The fraction of sp³-hybridized carbons (Fsp3) is 0.0435. The van der Waals surface area contributed by atoms with Crippen molar-refractivity contribution in [3.05, 3.63) is 90.0 Å². The number of amidine groups is 1. The Bertz CT molecular complexity index is 1620. The summed E-state index contributed by atoms with van der Waals surface area (Å²) in [7, 11) is -4.00. The maximum atomic E-state index is 13.3. The van der Waals surface area contributed by atoms with Crippen LogP contribution in [0, 0.1) is 5.41 Å². The van der Waals surface area contributed by atoms with Crippen LogP contribution in [0.25, 0.3) is 16.8 Å². The number of hydrogen-bond acceptors (Lipinski definition) is 6. The molecule has 6 N–H and O–H groups in total. The van der Waals surface area contributed by atoms with Crippen LogP contribution in [0.2, 0.25) is 0 Å². The predicted molar refractivity (Wildman–Crippen MR) is 129 cm³/mol. The summed E-state index contributed by atoms with van der Waals surface area (Å²) in [5.41, 5.74) is 6.72. The number of amides is 1. The summed E-state index contributed by atoms with van der Waals surface area (Å²) in [5.74, 6) is -3.50. The number of primary sulfonamides is 1. The monoisotopic (exact) mass is 529 g/mol. The van der Waals surface area contributed by atoms with Crippen molar-refractivity contribution < 1.29 is 26.4 Å². The van der Waals surface area contributed by atoms with E-state index in [0.29, 0.717) is 15.8 Å². The summed E-state index contributed by atoms with van der Waals surface area (Å²) in [5, 5.41) is 18.7. The Morgan fingerprint density at radius 3 is 2.30 bits per heavy atom. The van der Waals surface area contributed by atoms with Gasteiger partial charge in [0.15, 0.2) is 0 Å². The van der Waals surface area contributed by atoms with Crippen molar-refractivity contribution in [2.75, 3.05) is 5.32 Å². The van der Waals surface area contributed by atoms with E-state index in [2.05, 4.69) is 15.4 Å². The molecule has 0 aliphatic carbocycles. The van der Waals surface area contributed by atoms with Crippen molar-refractivity contribution in [3.63, 3.8) is 0 Å². The van der Waals surface area contributed by atoms with Gasteiger partial charge in [0.1, 0.15) is 5.84 Å². The molecule has 3 aromatic carbocycles. The number of halogens is 3. The topological polar surface area (TPSA) is 170 Å². The summed E-state index contributed by atoms with van der Waals surface area (Å²) < 4.78 is 64.5. The number of rotatable bonds is 6. The maximum absolute atomic E-state index is 13.3. The number of alkyl halides is 3. The first-order chi connectivity index (χ1) is 17.3. The van der Waals surface area contributed by atoms with E-state index in [9.17, 15) is 26.4 Å². The van der Waals surface area contributed by atoms with E-state index in [1.54, 1.807) is 12.1 Å². The molecule has 10 nitrogen and oxygen atoms in total. The van der Waals surface area contributed by atoms with Gasteiger partial charge in [-0.15, -0.1) is 5.10 Å². The van der Waals surface area contributed by atoms with E-state index in [0.717, 1.165) is 0 Å². The molecular weight excluding hydrogens is 511 g/mol. The number of benzene rings is 3. The van der Waals surface area contributed by atoms with Crippen LogP contribution in [0.4, 0.5) is 18.9 Å². The average Bonchev–Trinajstić information content (AvgIpc) is 3.31. The molecule has 4 rings (SSSR count). The molecule has 0 fully saturated rings. The molecule has 1 aromatic heterocycles. The van der Waals surface area contributed by atoms with Crippen LogP contribution >= 0.6 is 0 Å². The molecule has 0 saturated carbocycles. The van der Waals surface area contributed by atoms with Crippen LogP contribution in [0.3, 0.4) is 0 Å². The predicted octanol–water partition coefficient (Wildman–Crippen LogP) is 3.14. The average molecular weight is 530 g/mol. The summed E-state index contributed by atoms with van der Waals surface area (Å²) in [6.45, 7) is 0. The van der Waals surface area contributed by atoms with Crippen molar-refractivity contribution in [3.8, 4) is 16.8 Å². The number of sulfonamides is 1. The van der Waals surface area contributed by atoms with E-state index in [1.807, 2.05) is 0 Å². The highest BCUT2D eigenvalue weighted by Gasteiger charge is 2.38. The van der Waals surface area contributed by atoms with Crippen molar-refractivity contribution in [2.24, 2.45) is 10.9 Å². The zero-order valence-electron chi connectivity index (χ0n) is 18.7. The Kier molecular flexibility index (Phi) is 6.54. The largest absolute Gasteiger partial charge is 0.453 e. The Morgan fingerprint density at radius 2 is 1.68 bits per heavy atom. The molecule has 4 aromatic rings. The van der Waals surface area contributed by atoms with Crippen molar-refractivity contribution in [2.45, 2.75) is 11.1 Å². The first-order valence-electron chi connectivity index (χ1n) is 10.4. The van der Waals surface area contributed by atoms with Gasteiger partial charge in [0, 0.05) is 16.8 Å². The first kappa shape index (κ1) is 25.5. The third-order valence-corrected chi connectivity index (χ3v) is 6.08. The van der Waals surface area contributed by atoms with Gasteiger partial charge in [-0.25, -0.2) is 18.2 Å².